The second-order valence-corrected chi connectivity index (χ2v) is 26.9. The number of carbonyl (C=O) groups is 8. The highest BCUT2D eigenvalue weighted by molar-refractivity contribution is 9.09. The fraction of sp³-hybridized carbons (Fsp3) is 0.836. The monoisotopic (exact) mass is 1370 g/mol. The molecule has 0 aromatic heterocycles. The van der Waals surface area contributed by atoms with Crippen molar-refractivity contribution in [1.82, 2.24) is 29.8 Å². The minimum atomic E-state index is -1.54. The van der Waals surface area contributed by atoms with Gasteiger partial charge in [0, 0.05) is 157 Å². The van der Waals surface area contributed by atoms with Crippen LogP contribution in [0.3, 0.4) is 0 Å². The lowest BCUT2D eigenvalue weighted by Gasteiger charge is -2.36. The molecule has 0 saturated carbocycles. The Morgan fingerprint density at radius 2 is 0.697 bits per heavy atom. The molecule has 21 nitrogen and oxygen atoms in total. The molecular formula is C61H105BrClF5N6O15. The van der Waals surface area contributed by atoms with E-state index in [4.69, 9.17) is 24.1 Å². The first-order valence-electron chi connectivity index (χ1n) is 30.2. The number of halogens is 7. The van der Waals surface area contributed by atoms with E-state index in [1.165, 1.54) is 45.1 Å². The first-order valence-corrected chi connectivity index (χ1v) is 31.3. The molecule has 6 saturated heterocycles. The minimum absolute atomic E-state index is 0. The van der Waals surface area contributed by atoms with Crippen LogP contribution in [0.1, 0.15) is 174 Å². The fourth-order valence-corrected chi connectivity index (χ4v) is 9.46. The highest BCUT2D eigenvalue weighted by Crippen LogP contribution is 2.32. The molecule has 6 heterocycles. The van der Waals surface area contributed by atoms with E-state index in [9.17, 15) is 60.3 Å². The molecule has 0 aromatic rings. The summed E-state index contributed by atoms with van der Waals surface area (Å²) >= 11 is 3.16. The van der Waals surface area contributed by atoms with E-state index in [0.717, 1.165) is 25.9 Å². The van der Waals surface area contributed by atoms with Crippen LogP contribution in [0.2, 0.25) is 0 Å². The summed E-state index contributed by atoms with van der Waals surface area (Å²) in [5, 5.41) is 12.1. The lowest BCUT2D eigenvalue weighted by molar-refractivity contribution is -0.148. The van der Waals surface area contributed by atoms with Crippen molar-refractivity contribution in [3.8, 4) is 0 Å². The Bertz CT molecular complexity index is 2230. The zero-order valence-electron chi connectivity index (χ0n) is 55.3. The molecule has 5 amide bonds. The molecule has 0 unspecified atom stereocenters. The number of hydrogen-bond acceptors (Lipinski definition) is 16. The number of rotatable bonds is 8. The van der Waals surface area contributed by atoms with Gasteiger partial charge in [-0.25, -0.2) is 36.3 Å². The van der Waals surface area contributed by atoms with Gasteiger partial charge in [0.1, 0.15) is 65.0 Å². The number of carbonyl (C=O) groups excluding carboxylic acids is 8. The highest BCUT2D eigenvalue weighted by Gasteiger charge is 2.41. The van der Waals surface area contributed by atoms with Crippen LogP contribution < -0.4 is 5.32 Å². The van der Waals surface area contributed by atoms with E-state index in [1.807, 2.05) is 41.5 Å². The van der Waals surface area contributed by atoms with E-state index < -0.39 is 75.8 Å². The molecule has 0 aliphatic carbocycles. The number of alkyl halides is 6. The molecule has 89 heavy (non-hydrogen) atoms. The van der Waals surface area contributed by atoms with Gasteiger partial charge in [0.25, 0.3) is 0 Å². The smallest absolute Gasteiger partial charge is 0.410 e. The van der Waals surface area contributed by atoms with Crippen LogP contribution >= 0.6 is 28.3 Å². The molecule has 6 rings (SSSR count). The van der Waals surface area contributed by atoms with Gasteiger partial charge in [0.15, 0.2) is 0 Å². The van der Waals surface area contributed by atoms with Gasteiger partial charge in [-0.2, -0.15) is 0 Å². The normalized spacial score (nSPS) is 19.9. The maximum atomic E-state index is 14.3. The van der Waals surface area contributed by atoms with Crippen molar-refractivity contribution in [3.05, 3.63) is 12.2 Å². The van der Waals surface area contributed by atoms with Gasteiger partial charge >= 0.3 is 36.2 Å². The molecular weight excluding hydrogens is 1270 g/mol. The summed E-state index contributed by atoms with van der Waals surface area (Å²) in [6.07, 6.45) is 3.72. The maximum absolute atomic E-state index is 14.3. The summed E-state index contributed by atoms with van der Waals surface area (Å²) in [6.45, 7) is 32.0. The van der Waals surface area contributed by atoms with Crippen LogP contribution in [0.15, 0.2) is 12.2 Å². The number of nitrogens with one attached hydrogen (secondary N) is 1. The minimum Gasteiger partial charge on any atom is -0.462 e. The Balaban J connectivity index is 0.00000105. The first-order chi connectivity index (χ1) is 40.4. The van der Waals surface area contributed by atoms with Crippen LogP contribution in [0.5, 0.6) is 0 Å². The number of aliphatic hydroxyl groups is 1. The van der Waals surface area contributed by atoms with E-state index >= 15 is 0 Å². The zero-order chi connectivity index (χ0) is 67.5. The highest BCUT2D eigenvalue weighted by atomic mass is 79.9. The van der Waals surface area contributed by atoms with Crippen molar-refractivity contribution >= 4 is 76.3 Å². The van der Waals surface area contributed by atoms with Crippen molar-refractivity contribution in [2.75, 3.05) is 110 Å². The van der Waals surface area contributed by atoms with E-state index in [2.05, 4.69) is 37.3 Å². The molecule has 6 aliphatic rings. The van der Waals surface area contributed by atoms with E-state index in [0.29, 0.717) is 83.4 Å². The van der Waals surface area contributed by atoms with Gasteiger partial charge in [0.05, 0.1) is 6.61 Å². The molecule has 2 N–H and O–H groups in total. The van der Waals surface area contributed by atoms with Crippen molar-refractivity contribution in [1.29, 1.82) is 0 Å². The third-order valence-electron chi connectivity index (χ3n) is 14.6. The van der Waals surface area contributed by atoms with Crippen LogP contribution in [0, 0.1) is 0 Å². The van der Waals surface area contributed by atoms with E-state index in [1.54, 1.807) is 40.4 Å². The Hall–Kier alpha value is -4.76. The summed E-state index contributed by atoms with van der Waals surface area (Å²) in [5.41, 5.74) is -7.13. The molecule has 518 valence electrons. The summed E-state index contributed by atoms with van der Waals surface area (Å²) in [5.74, 6) is -1.43. The number of likely N-dealkylation sites (tertiary alicyclic amines) is 5. The van der Waals surface area contributed by atoms with Crippen molar-refractivity contribution in [3.63, 3.8) is 0 Å². The summed E-state index contributed by atoms with van der Waals surface area (Å²) in [6, 6.07) is 0. The first kappa shape index (κ1) is 84.2. The maximum Gasteiger partial charge on any atom is 0.410 e. The number of esters is 3. The summed E-state index contributed by atoms with van der Waals surface area (Å²) in [4.78, 5) is 96.6. The number of piperidine rings is 6. The molecule has 28 heteroatoms. The Morgan fingerprint density at radius 1 is 0.449 bits per heavy atom. The van der Waals surface area contributed by atoms with Crippen molar-refractivity contribution < 1.29 is 93.8 Å². The van der Waals surface area contributed by atoms with Gasteiger partial charge in [-0.15, -0.1) is 12.4 Å². The van der Waals surface area contributed by atoms with Crippen molar-refractivity contribution in [2.24, 2.45) is 0 Å². The van der Waals surface area contributed by atoms with Crippen LogP contribution in [0.25, 0.3) is 0 Å². The van der Waals surface area contributed by atoms with E-state index in [-0.39, 0.29) is 108 Å². The topological polar surface area (TPSA) is 240 Å². The van der Waals surface area contributed by atoms with Crippen molar-refractivity contribution in [2.45, 2.75) is 219 Å². The molecule has 6 fully saturated rings. The third-order valence-corrected chi connectivity index (χ3v) is 15.6. The third kappa shape index (κ3) is 36.8. The predicted molar refractivity (Wildman–Crippen MR) is 333 cm³/mol. The standard InChI is InChI=1S/C13H22FNO4.C11H19BrFNO2.C11H19NO2.C10H16FNO3.2C8H14FNO2.ClH/c1-10(16)18-9-13(14)5-7-15(8-6-13)11(17)19-12(2,3)4;1-10(2,3)16-9(15)14-6-4-11(13,8-12)5-7-14;1-9-5-7-12(8-6-9)10(13)14-11(2,3)4;1-8(13)12-5-3-10(11,4-6-12)7-15-9(2)14;1-7(11)12-6-8(9)2-4-10-5-3-8;1-7(12)10-4-2-8(9,6-11)3-5-10;/h5-9H2,1-4H3;4-8H2,1-3H3;1,5-8H2,2-4H3;3-7H2,1-2H3;10H,2-6H2,1H3;11H,2-6H2,1H3;1H. The van der Waals surface area contributed by atoms with Gasteiger partial charge in [-0.05, 0) is 101 Å². The number of amides is 5. The lowest BCUT2D eigenvalue weighted by Crippen LogP contribution is -2.48. The zero-order valence-corrected chi connectivity index (χ0v) is 57.7. The average molecular weight is 1370 g/mol. The molecule has 0 aromatic carbocycles. The second-order valence-electron chi connectivity index (χ2n) is 26.3. The van der Waals surface area contributed by atoms with Crippen LogP contribution in [0.4, 0.5) is 36.3 Å². The quantitative estimate of drug-likeness (QED) is 0.0755. The number of nitrogens with zero attached hydrogens (tertiary/aromatic N) is 5. The lowest BCUT2D eigenvalue weighted by atomic mass is 9.94. The Kier molecular flexibility index (Phi) is 36.3. The number of ether oxygens (including phenoxy) is 6. The van der Waals surface area contributed by atoms with Gasteiger partial charge in [-0.1, -0.05) is 28.1 Å². The Labute approximate surface area is 539 Å². The van der Waals surface area contributed by atoms with Gasteiger partial charge < -0.3 is 63.3 Å². The number of hydrogen-bond donors (Lipinski definition) is 2. The van der Waals surface area contributed by atoms with Crippen LogP contribution in [-0.2, 0) is 52.4 Å². The summed E-state index contributed by atoms with van der Waals surface area (Å²) in [7, 11) is 0. The van der Waals surface area contributed by atoms with Crippen LogP contribution in [-0.4, -0.2) is 233 Å². The second kappa shape index (κ2) is 38.3. The largest absolute Gasteiger partial charge is 0.462 e. The predicted octanol–water partition coefficient (Wildman–Crippen LogP) is 10.3. The Morgan fingerprint density at radius 3 is 0.944 bits per heavy atom. The average Bonchev–Trinajstić information content (AvgIpc) is 3.42. The van der Waals surface area contributed by atoms with Gasteiger partial charge in [-0.3, -0.25) is 24.0 Å². The molecule has 0 radical (unpaired) electrons. The molecule has 6 aliphatic heterocycles. The summed E-state index contributed by atoms with van der Waals surface area (Å²) < 4.78 is 98.8. The fourth-order valence-electron chi connectivity index (χ4n) is 8.90. The molecule has 0 atom stereocenters. The van der Waals surface area contributed by atoms with Gasteiger partial charge in [0.2, 0.25) is 11.8 Å². The molecule has 0 spiro atoms. The SMILES string of the molecule is C=C1CCN(C(=O)OC(C)(C)C)CC1.CC(=O)N1CCC(F)(CO)CC1.CC(=O)OCC1(F)CCN(C(=O)OC(C)(C)C)CC1.CC(=O)OCC1(F)CCN(C(C)=O)CC1.CC(=O)OCC1(F)CCNCC1.CC(C)(C)OC(=O)N1CCC(F)(CBr)CC1.Cl. The number of aliphatic hydroxyl groups excluding tert-OH is 1. The molecule has 0 bridgehead atoms.